The van der Waals surface area contributed by atoms with Crippen molar-refractivity contribution in [2.24, 2.45) is 0 Å². The molecule has 0 unspecified atom stereocenters. The lowest BCUT2D eigenvalue weighted by Crippen LogP contribution is -2.20. The monoisotopic (exact) mass is 317 g/mol. The highest BCUT2D eigenvalue weighted by Gasteiger charge is 2.23. The van der Waals surface area contributed by atoms with Crippen molar-refractivity contribution in [3.05, 3.63) is 66.4 Å². The van der Waals surface area contributed by atoms with Crippen LogP contribution in [0.25, 0.3) is 22.4 Å². The first-order valence-corrected chi connectivity index (χ1v) is 7.96. The van der Waals surface area contributed by atoms with Crippen LogP contribution in [-0.4, -0.2) is 21.6 Å². The summed E-state index contributed by atoms with van der Waals surface area (Å²) < 4.78 is 11.3. The number of oxazole rings is 1. The Hall–Kier alpha value is -3.08. The number of nitrogens with zero attached hydrogens (tertiary/aromatic N) is 2. The van der Waals surface area contributed by atoms with E-state index in [1.807, 2.05) is 36.4 Å². The zero-order valence-electron chi connectivity index (χ0n) is 12.9. The van der Waals surface area contributed by atoms with Crippen molar-refractivity contribution in [1.29, 1.82) is 0 Å². The van der Waals surface area contributed by atoms with E-state index in [4.69, 9.17) is 14.1 Å². The molecule has 2 aromatic carbocycles. The average Bonchev–Trinajstić information content (AvgIpc) is 3.30. The minimum absolute atomic E-state index is 0.237. The number of ether oxygens (including phenoxy) is 1. The van der Waals surface area contributed by atoms with Gasteiger partial charge in [0.1, 0.15) is 11.6 Å². The van der Waals surface area contributed by atoms with Gasteiger partial charge < -0.3 is 14.1 Å². The molecule has 2 aromatic heterocycles. The maximum Gasteiger partial charge on any atom is 0.181 e. The Morgan fingerprint density at radius 1 is 1.12 bits per heavy atom. The zero-order chi connectivity index (χ0) is 15.9. The number of hydrogen-bond acceptors (Lipinski definition) is 4. The van der Waals surface area contributed by atoms with Crippen LogP contribution in [0.3, 0.4) is 0 Å². The second-order valence-corrected chi connectivity index (χ2v) is 6.04. The summed E-state index contributed by atoms with van der Waals surface area (Å²) in [4.78, 5) is 12.2. The first-order chi connectivity index (χ1) is 11.9. The fourth-order valence-corrected chi connectivity index (χ4v) is 3.24. The first-order valence-electron chi connectivity index (χ1n) is 7.96. The molecule has 4 aromatic rings. The van der Waals surface area contributed by atoms with Gasteiger partial charge in [0.15, 0.2) is 12.2 Å². The van der Waals surface area contributed by atoms with Gasteiger partial charge in [-0.2, -0.15) is 0 Å². The van der Waals surface area contributed by atoms with E-state index in [1.54, 1.807) is 6.20 Å². The number of para-hydroxylation sites is 1. The van der Waals surface area contributed by atoms with Gasteiger partial charge in [-0.15, -0.1) is 0 Å². The molecule has 5 rings (SSSR count). The molecule has 0 fully saturated rings. The van der Waals surface area contributed by atoms with E-state index in [2.05, 4.69) is 16.0 Å². The van der Waals surface area contributed by atoms with Gasteiger partial charge in [-0.3, -0.25) is 0 Å². The Labute approximate surface area is 138 Å². The van der Waals surface area contributed by atoms with Crippen molar-refractivity contribution in [2.75, 3.05) is 6.61 Å². The predicted molar refractivity (Wildman–Crippen MR) is 90.0 cm³/mol. The van der Waals surface area contributed by atoms with E-state index in [0.29, 0.717) is 6.61 Å². The van der Waals surface area contributed by atoms with Crippen molar-refractivity contribution in [1.82, 2.24) is 15.0 Å². The van der Waals surface area contributed by atoms with E-state index < -0.39 is 0 Å². The molecule has 5 heteroatoms. The van der Waals surface area contributed by atoms with Crippen LogP contribution in [0.5, 0.6) is 5.75 Å². The molecule has 5 nitrogen and oxygen atoms in total. The third-order valence-corrected chi connectivity index (χ3v) is 4.48. The van der Waals surface area contributed by atoms with Crippen LogP contribution in [0.15, 0.2) is 59.5 Å². The number of imidazole rings is 1. The van der Waals surface area contributed by atoms with E-state index in [-0.39, 0.29) is 5.92 Å². The molecular formula is C19H15N3O2. The van der Waals surface area contributed by atoms with Crippen molar-refractivity contribution < 1.29 is 9.15 Å². The minimum atomic E-state index is 0.237. The molecule has 1 aliphatic heterocycles. The van der Waals surface area contributed by atoms with Gasteiger partial charge in [-0.1, -0.05) is 18.2 Å². The Balaban J connectivity index is 1.50. The summed E-state index contributed by atoms with van der Waals surface area (Å²) in [5, 5.41) is 0. The molecule has 118 valence electrons. The van der Waals surface area contributed by atoms with E-state index in [1.165, 1.54) is 12.0 Å². The van der Waals surface area contributed by atoms with E-state index in [9.17, 15) is 0 Å². The quantitative estimate of drug-likeness (QED) is 0.608. The van der Waals surface area contributed by atoms with Crippen LogP contribution in [-0.2, 0) is 6.42 Å². The number of benzene rings is 2. The molecule has 3 heterocycles. The standard InChI is InChI=1S/C19H15N3O2/c1-2-4-17-12(3-1)7-14(10-23-17)19-21-15-6-5-13(8-16(15)22-19)18-9-20-11-24-18/h1-6,8-9,11,14H,7,10H2,(H,21,22)/t14-/m1/s1. The first kappa shape index (κ1) is 13.4. The molecule has 1 atom stereocenters. The fraction of sp³-hybridized carbons (Fsp3) is 0.158. The van der Waals surface area contributed by atoms with Gasteiger partial charge in [-0.05, 0) is 36.2 Å². The second kappa shape index (κ2) is 5.23. The highest BCUT2D eigenvalue weighted by Crippen LogP contribution is 2.32. The minimum Gasteiger partial charge on any atom is -0.493 e. The summed E-state index contributed by atoms with van der Waals surface area (Å²) >= 11 is 0. The van der Waals surface area contributed by atoms with Crippen LogP contribution in [0.2, 0.25) is 0 Å². The van der Waals surface area contributed by atoms with E-state index >= 15 is 0 Å². The van der Waals surface area contributed by atoms with Crippen molar-refractivity contribution in [3.8, 4) is 17.1 Å². The number of aromatic amines is 1. The van der Waals surface area contributed by atoms with Gasteiger partial charge in [-0.25, -0.2) is 9.97 Å². The lowest BCUT2D eigenvalue weighted by atomic mass is 9.96. The van der Waals surface area contributed by atoms with E-state index in [0.717, 1.165) is 40.4 Å². The van der Waals surface area contributed by atoms with Crippen molar-refractivity contribution >= 4 is 11.0 Å². The van der Waals surface area contributed by atoms with Crippen LogP contribution < -0.4 is 4.74 Å². The summed E-state index contributed by atoms with van der Waals surface area (Å²) in [5.41, 5.74) is 4.17. The third kappa shape index (κ3) is 2.17. The molecule has 0 amide bonds. The number of fused-ring (bicyclic) bond motifs is 2. The van der Waals surface area contributed by atoms with Gasteiger partial charge in [0.25, 0.3) is 0 Å². The molecule has 0 saturated carbocycles. The Morgan fingerprint density at radius 2 is 2.08 bits per heavy atom. The molecule has 24 heavy (non-hydrogen) atoms. The number of rotatable bonds is 2. The predicted octanol–water partition coefficient (Wildman–Crippen LogP) is 3.94. The Bertz CT molecular complexity index is 1000. The average molecular weight is 317 g/mol. The maximum absolute atomic E-state index is 5.89. The molecule has 0 bridgehead atoms. The SMILES string of the molecule is c1ccc2c(c1)C[C@@H](c1nc3ccc(-c4cnco4)cc3[nH]1)CO2. The number of hydrogen-bond donors (Lipinski definition) is 1. The van der Waals surface area contributed by atoms with Crippen molar-refractivity contribution in [3.63, 3.8) is 0 Å². The summed E-state index contributed by atoms with van der Waals surface area (Å²) in [6, 6.07) is 14.2. The Morgan fingerprint density at radius 3 is 3.00 bits per heavy atom. The second-order valence-electron chi connectivity index (χ2n) is 6.04. The van der Waals surface area contributed by atoms with Gasteiger partial charge >= 0.3 is 0 Å². The van der Waals surface area contributed by atoms with Crippen LogP contribution >= 0.6 is 0 Å². The van der Waals surface area contributed by atoms with Crippen molar-refractivity contribution in [2.45, 2.75) is 12.3 Å². The fourth-order valence-electron chi connectivity index (χ4n) is 3.24. The van der Waals surface area contributed by atoms with Crippen LogP contribution in [0, 0.1) is 0 Å². The number of aromatic nitrogens is 3. The normalized spacial score (nSPS) is 16.8. The lowest BCUT2D eigenvalue weighted by Gasteiger charge is -2.23. The number of H-pyrrole nitrogens is 1. The van der Waals surface area contributed by atoms with Gasteiger partial charge in [0, 0.05) is 5.56 Å². The van der Waals surface area contributed by atoms with Crippen LogP contribution in [0.4, 0.5) is 0 Å². The molecule has 0 spiro atoms. The molecule has 1 N–H and O–H groups in total. The number of nitrogens with one attached hydrogen (secondary N) is 1. The zero-order valence-corrected chi connectivity index (χ0v) is 12.9. The summed E-state index contributed by atoms with van der Waals surface area (Å²) in [6.45, 7) is 0.645. The lowest BCUT2D eigenvalue weighted by molar-refractivity contribution is 0.258. The smallest absolute Gasteiger partial charge is 0.181 e. The highest BCUT2D eigenvalue weighted by molar-refractivity contribution is 5.80. The molecule has 0 radical (unpaired) electrons. The highest BCUT2D eigenvalue weighted by atomic mass is 16.5. The summed E-state index contributed by atoms with van der Waals surface area (Å²) in [6.07, 6.45) is 4.09. The Kier molecular flexibility index (Phi) is 2.91. The largest absolute Gasteiger partial charge is 0.493 e. The maximum atomic E-state index is 5.89. The topological polar surface area (TPSA) is 63.9 Å². The molecule has 1 aliphatic rings. The summed E-state index contributed by atoms with van der Waals surface area (Å²) in [7, 11) is 0. The van der Waals surface area contributed by atoms with Crippen LogP contribution in [0.1, 0.15) is 17.3 Å². The molecule has 0 aliphatic carbocycles. The molecular weight excluding hydrogens is 302 g/mol. The third-order valence-electron chi connectivity index (χ3n) is 4.48. The van der Waals surface area contributed by atoms with Gasteiger partial charge in [0.05, 0.1) is 29.8 Å². The molecule has 0 saturated heterocycles. The van der Waals surface area contributed by atoms with Gasteiger partial charge in [0.2, 0.25) is 0 Å². The summed E-state index contributed by atoms with van der Waals surface area (Å²) in [5.74, 6) is 2.94.